The van der Waals surface area contributed by atoms with Crippen molar-refractivity contribution >= 4 is 5.97 Å². The van der Waals surface area contributed by atoms with Gasteiger partial charge in [0.25, 0.3) is 0 Å². The number of carboxylic acid groups (broad SMARTS) is 1. The van der Waals surface area contributed by atoms with E-state index in [-0.39, 0.29) is 0 Å². The summed E-state index contributed by atoms with van der Waals surface area (Å²) in [6.45, 7) is 5.61. The van der Waals surface area contributed by atoms with E-state index in [1.54, 1.807) is 0 Å². The zero-order valence-electron chi connectivity index (χ0n) is 12.9. The van der Waals surface area contributed by atoms with E-state index < -0.39 is 29.2 Å². The van der Waals surface area contributed by atoms with Gasteiger partial charge in [0.1, 0.15) is 0 Å². The predicted molar refractivity (Wildman–Crippen MR) is 76.5 cm³/mol. The maximum Gasteiger partial charge on any atom is 0.309 e. The third-order valence-electron chi connectivity index (χ3n) is 5.28. The predicted octanol–water partition coefficient (Wildman–Crippen LogP) is 2.98. The van der Waals surface area contributed by atoms with Gasteiger partial charge >= 0.3 is 5.97 Å². The fourth-order valence-electron chi connectivity index (χ4n) is 4.08. The van der Waals surface area contributed by atoms with Crippen molar-refractivity contribution in [2.45, 2.75) is 83.0 Å². The third kappa shape index (κ3) is 3.01. The lowest BCUT2D eigenvalue weighted by Gasteiger charge is -2.50. The van der Waals surface area contributed by atoms with Gasteiger partial charge in [0.2, 0.25) is 0 Å². The van der Waals surface area contributed by atoms with Crippen LogP contribution in [-0.2, 0) is 9.53 Å². The zero-order valence-corrected chi connectivity index (χ0v) is 12.9. The maximum absolute atomic E-state index is 11.3. The van der Waals surface area contributed by atoms with E-state index in [9.17, 15) is 15.0 Å². The van der Waals surface area contributed by atoms with Gasteiger partial charge in [-0.3, -0.25) is 4.79 Å². The number of aliphatic hydroxyl groups excluding tert-OH is 1. The number of rotatable bonds is 3. The number of aliphatic hydroxyl groups is 1. The number of ether oxygens (including phenoxy) is 1. The lowest BCUT2D eigenvalue weighted by molar-refractivity contribution is -0.241. The van der Waals surface area contributed by atoms with E-state index in [0.29, 0.717) is 18.8 Å². The first-order valence-corrected chi connectivity index (χ1v) is 7.87. The molecule has 4 heteroatoms. The first kappa shape index (κ1) is 15.8. The molecule has 2 rings (SSSR count). The number of hydrogen-bond donors (Lipinski definition) is 2. The van der Waals surface area contributed by atoms with Gasteiger partial charge in [0.05, 0.1) is 23.2 Å². The molecule has 1 saturated carbocycles. The van der Waals surface area contributed by atoms with E-state index >= 15 is 0 Å². The second-order valence-corrected chi connectivity index (χ2v) is 7.29. The van der Waals surface area contributed by atoms with Gasteiger partial charge in [0, 0.05) is 0 Å². The second kappa shape index (κ2) is 5.64. The molecule has 20 heavy (non-hydrogen) atoms. The van der Waals surface area contributed by atoms with Crippen molar-refractivity contribution in [3.8, 4) is 0 Å². The molecule has 4 nitrogen and oxygen atoms in total. The van der Waals surface area contributed by atoms with Crippen molar-refractivity contribution in [2.24, 2.45) is 11.8 Å². The van der Waals surface area contributed by atoms with Crippen LogP contribution in [0.4, 0.5) is 0 Å². The lowest BCUT2D eigenvalue weighted by Crippen LogP contribution is -2.58. The van der Waals surface area contributed by atoms with Crippen LogP contribution in [0.5, 0.6) is 0 Å². The van der Waals surface area contributed by atoms with E-state index in [4.69, 9.17) is 4.74 Å². The maximum atomic E-state index is 11.3. The fourth-order valence-corrected chi connectivity index (χ4v) is 4.08. The quantitative estimate of drug-likeness (QED) is 0.836. The molecule has 1 heterocycles. The van der Waals surface area contributed by atoms with Crippen LogP contribution in [0.1, 0.15) is 65.7 Å². The minimum absolute atomic E-state index is 0.297. The molecule has 2 N–H and O–H groups in total. The molecule has 1 aliphatic heterocycles. The zero-order chi connectivity index (χ0) is 15.0. The monoisotopic (exact) mass is 284 g/mol. The highest BCUT2D eigenvalue weighted by Crippen LogP contribution is 2.44. The Bertz CT molecular complexity index is 359. The molecule has 0 amide bonds. The Balaban J connectivity index is 2.09. The molecular weight excluding hydrogens is 256 g/mol. The molecule has 0 bridgehead atoms. The summed E-state index contributed by atoms with van der Waals surface area (Å²) >= 11 is 0. The summed E-state index contributed by atoms with van der Waals surface area (Å²) in [7, 11) is 0. The molecule has 0 radical (unpaired) electrons. The molecule has 2 fully saturated rings. The lowest BCUT2D eigenvalue weighted by atomic mass is 9.72. The van der Waals surface area contributed by atoms with E-state index in [1.807, 2.05) is 20.8 Å². The van der Waals surface area contributed by atoms with E-state index in [1.165, 1.54) is 19.3 Å². The van der Waals surface area contributed by atoms with Gasteiger partial charge in [-0.2, -0.15) is 0 Å². The van der Waals surface area contributed by atoms with E-state index in [2.05, 4.69) is 0 Å². The average Bonchev–Trinajstić information content (AvgIpc) is 2.37. The Morgan fingerprint density at radius 3 is 2.25 bits per heavy atom. The van der Waals surface area contributed by atoms with Crippen molar-refractivity contribution in [1.82, 2.24) is 0 Å². The summed E-state index contributed by atoms with van der Waals surface area (Å²) in [5, 5.41) is 20.0. The smallest absolute Gasteiger partial charge is 0.309 e. The summed E-state index contributed by atoms with van der Waals surface area (Å²) in [6.07, 6.45) is 6.43. The Hall–Kier alpha value is -0.610. The Kier molecular flexibility index (Phi) is 4.45. The van der Waals surface area contributed by atoms with Crippen LogP contribution in [-0.4, -0.2) is 33.5 Å². The molecule has 1 saturated heterocycles. The second-order valence-electron chi connectivity index (χ2n) is 7.29. The number of aliphatic carboxylic acids is 1. The summed E-state index contributed by atoms with van der Waals surface area (Å²) in [5.41, 5.74) is -1.34. The van der Waals surface area contributed by atoms with Gasteiger partial charge in [-0.1, -0.05) is 19.3 Å². The highest BCUT2D eigenvalue weighted by molar-refractivity contribution is 5.71. The van der Waals surface area contributed by atoms with Crippen LogP contribution in [0.3, 0.4) is 0 Å². The topological polar surface area (TPSA) is 66.8 Å². The summed E-state index contributed by atoms with van der Waals surface area (Å²) in [4.78, 5) is 11.3. The van der Waals surface area contributed by atoms with Crippen LogP contribution >= 0.6 is 0 Å². The van der Waals surface area contributed by atoms with Gasteiger partial charge in [0.15, 0.2) is 0 Å². The molecular formula is C16H28O4. The number of carbonyl (C=O) groups is 1. The summed E-state index contributed by atoms with van der Waals surface area (Å²) in [6, 6.07) is 0. The first-order valence-electron chi connectivity index (χ1n) is 7.87. The van der Waals surface area contributed by atoms with Gasteiger partial charge in [-0.05, 0) is 52.4 Å². The fraction of sp³-hybridized carbons (Fsp3) is 0.938. The Morgan fingerprint density at radius 1 is 1.15 bits per heavy atom. The van der Waals surface area contributed by atoms with Gasteiger partial charge in [-0.15, -0.1) is 0 Å². The molecule has 116 valence electrons. The number of hydrogen-bond acceptors (Lipinski definition) is 3. The summed E-state index contributed by atoms with van der Waals surface area (Å²) in [5.74, 6) is -0.996. The molecule has 1 aliphatic carbocycles. The highest BCUT2D eigenvalue weighted by Gasteiger charge is 2.51. The van der Waals surface area contributed by atoms with Crippen molar-refractivity contribution in [2.75, 3.05) is 0 Å². The minimum Gasteiger partial charge on any atom is -0.481 e. The molecule has 0 aromatic rings. The summed E-state index contributed by atoms with van der Waals surface area (Å²) < 4.78 is 6.12. The van der Waals surface area contributed by atoms with Crippen LogP contribution < -0.4 is 0 Å². The van der Waals surface area contributed by atoms with Crippen LogP contribution in [0, 0.1) is 11.8 Å². The Morgan fingerprint density at radius 2 is 1.75 bits per heavy atom. The first-order chi connectivity index (χ1) is 9.26. The molecule has 0 aromatic carbocycles. The standard InChI is InChI=1S/C16H28O4/c1-15(2)12(14(18)19)9-10-16(3,20-15)13(17)11-7-5-4-6-8-11/h11-13,17H,4-10H2,1-3H3,(H,18,19)/t12-,13-,16-/m0/s1. The molecule has 0 spiro atoms. The Labute approximate surface area is 121 Å². The van der Waals surface area contributed by atoms with Crippen molar-refractivity contribution in [3.05, 3.63) is 0 Å². The van der Waals surface area contributed by atoms with Crippen molar-refractivity contribution < 1.29 is 19.7 Å². The SMILES string of the molecule is CC1(C)O[C@](C)([C@@H](O)C2CCCCC2)CC[C@H]1C(=O)O. The molecule has 0 unspecified atom stereocenters. The molecule has 3 atom stereocenters. The van der Waals surface area contributed by atoms with Gasteiger partial charge in [-0.25, -0.2) is 0 Å². The van der Waals surface area contributed by atoms with Crippen LogP contribution in [0.15, 0.2) is 0 Å². The average molecular weight is 284 g/mol. The van der Waals surface area contributed by atoms with E-state index in [0.717, 1.165) is 12.8 Å². The highest BCUT2D eigenvalue weighted by atomic mass is 16.5. The minimum atomic E-state index is -0.802. The molecule has 2 aliphatic rings. The van der Waals surface area contributed by atoms with Crippen molar-refractivity contribution in [3.63, 3.8) is 0 Å². The normalized spacial score (nSPS) is 36.5. The van der Waals surface area contributed by atoms with Crippen molar-refractivity contribution in [1.29, 1.82) is 0 Å². The largest absolute Gasteiger partial charge is 0.481 e. The van der Waals surface area contributed by atoms with Gasteiger partial charge < -0.3 is 14.9 Å². The molecule has 0 aromatic heterocycles. The van der Waals surface area contributed by atoms with Crippen LogP contribution in [0.2, 0.25) is 0 Å². The number of carboxylic acids is 1. The third-order valence-corrected chi connectivity index (χ3v) is 5.28. The van der Waals surface area contributed by atoms with Crippen LogP contribution in [0.25, 0.3) is 0 Å².